The lowest BCUT2D eigenvalue weighted by Gasteiger charge is -2.23. The van der Waals surface area contributed by atoms with E-state index in [1.807, 2.05) is 30.0 Å². The zero-order valence-electron chi connectivity index (χ0n) is 18.0. The van der Waals surface area contributed by atoms with Crippen molar-refractivity contribution in [1.82, 2.24) is 9.80 Å². The van der Waals surface area contributed by atoms with Crippen molar-refractivity contribution >= 4 is 34.8 Å². The largest absolute Gasteiger partial charge is 0.494 e. The van der Waals surface area contributed by atoms with Gasteiger partial charge in [0.15, 0.2) is 16.6 Å². The molecule has 2 aromatic carbocycles. The van der Waals surface area contributed by atoms with Gasteiger partial charge >= 0.3 is 0 Å². The van der Waals surface area contributed by atoms with Crippen LogP contribution in [-0.2, 0) is 16.0 Å². The van der Waals surface area contributed by atoms with Gasteiger partial charge in [0.2, 0.25) is 12.7 Å². The van der Waals surface area contributed by atoms with Gasteiger partial charge in [-0.05, 0) is 67.5 Å². The minimum absolute atomic E-state index is 0.0116. The fourth-order valence-electron chi connectivity index (χ4n) is 3.76. The summed E-state index contributed by atoms with van der Waals surface area (Å²) in [5.74, 6) is 1.74. The molecule has 8 nitrogen and oxygen atoms in total. The summed E-state index contributed by atoms with van der Waals surface area (Å²) >= 11 is 5.47. The molecule has 2 amide bonds. The first-order valence-electron chi connectivity index (χ1n) is 10.5. The van der Waals surface area contributed by atoms with E-state index in [9.17, 15) is 9.59 Å². The zero-order chi connectivity index (χ0) is 22.7. The lowest BCUT2D eigenvalue weighted by molar-refractivity contribution is -0.130. The second kappa shape index (κ2) is 9.44. The van der Waals surface area contributed by atoms with Gasteiger partial charge in [-0.25, -0.2) is 0 Å². The van der Waals surface area contributed by atoms with Gasteiger partial charge in [-0.2, -0.15) is 0 Å². The molecule has 9 heteroatoms. The number of nitrogens with zero attached hydrogens (tertiary/aromatic N) is 2. The summed E-state index contributed by atoms with van der Waals surface area (Å²) in [5, 5.41) is 3.27. The first kappa shape index (κ1) is 21.9. The molecule has 1 atom stereocenters. The predicted molar refractivity (Wildman–Crippen MR) is 123 cm³/mol. The highest BCUT2D eigenvalue weighted by Gasteiger charge is 2.41. The molecule has 0 saturated carbocycles. The van der Waals surface area contributed by atoms with Gasteiger partial charge in [0, 0.05) is 19.3 Å². The number of hydrogen-bond acceptors (Lipinski definition) is 6. The van der Waals surface area contributed by atoms with Crippen LogP contribution in [0.3, 0.4) is 0 Å². The van der Waals surface area contributed by atoms with E-state index in [1.54, 1.807) is 31.3 Å². The highest BCUT2D eigenvalue weighted by Crippen LogP contribution is 2.33. The maximum Gasteiger partial charge on any atom is 0.251 e. The summed E-state index contributed by atoms with van der Waals surface area (Å²) in [7, 11) is 1.64. The third kappa shape index (κ3) is 4.62. The van der Waals surface area contributed by atoms with E-state index in [1.165, 1.54) is 4.90 Å². The van der Waals surface area contributed by atoms with Crippen LogP contribution in [0.5, 0.6) is 17.2 Å². The van der Waals surface area contributed by atoms with Crippen molar-refractivity contribution < 1.29 is 23.8 Å². The normalized spacial score (nSPS) is 17.1. The topological polar surface area (TPSA) is 80.3 Å². The van der Waals surface area contributed by atoms with Crippen molar-refractivity contribution in [3.05, 3.63) is 48.0 Å². The molecule has 2 aliphatic rings. The smallest absolute Gasteiger partial charge is 0.251 e. The number of carbonyl (C=O) groups excluding carboxylic acids is 2. The number of likely N-dealkylation sites (N-methyl/N-ethyl adjacent to an activating group) is 1. The summed E-state index contributed by atoms with van der Waals surface area (Å²) in [5.41, 5.74) is 1.68. The highest BCUT2D eigenvalue weighted by molar-refractivity contribution is 7.80. The molecular formula is C23H25N3O5S. The van der Waals surface area contributed by atoms with Crippen LogP contribution in [0.2, 0.25) is 0 Å². The molecule has 4 rings (SSSR count). The number of hydrogen-bond donors (Lipinski definition) is 1. The van der Waals surface area contributed by atoms with Gasteiger partial charge in [-0.3, -0.25) is 14.5 Å². The zero-order valence-corrected chi connectivity index (χ0v) is 18.8. The molecule has 0 aromatic heterocycles. The molecule has 1 fully saturated rings. The molecule has 2 heterocycles. The van der Waals surface area contributed by atoms with Crippen LogP contribution in [0.4, 0.5) is 5.69 Å². The molecule has 32 heavy (non-hydrogen) atoms. The van der Waals surface area contributed by atoms with Crippen molar-refractivity contribution in [3.63, 3.8) is 0 Å². The van der Waals surface area contributed by atoms with Gasteiger partial charge in [0.1, 0.15) is 11.8 Å². The Morgan fingerprint density at radius 3 is 2.69 bits per heavy atom. The monoisotopic (exact) mass is 455 g/mol. The number of thiocarbonyl (C=S) groups is 1. The summed E-state index contributed by atoms with van der Waals surface area (Å²) < 4.78 is 16.2. The Hall–Kier alpha value is -3.33. The van der Waals surface area contributed by atoms with E-state index < -0.39 is 6.04 Å². The molecule has 168 valence electrons. The van der Waals surface area contributed by atoms with Crippen molar-refractivity contribution in [2.45, 2.75) is 25.8 Å². The summed E-state index contributed by atoms with van der Waals surface area (Å²) in [4.78, 5) is 28.7. The number of nitrogens with one attached hydrogen (secondary N) is 1. The molecule has 2 aliphatic heterocycles. The Morgan fingerprint density at radius 1 is 1.19 bits per heavy atom. The summed E-state index contributed by atoms with van der Waals surface area (Å²) in [6, 6.07) is 12.3. The second-order valence-corrected chi connectivity index (χ2v) is 7.90. The molecule has 1 N–H and O–H groups in total. The van der Waals surface area contributed by atoms with Crippen LogP contribution in [0, 0.1) is 0 Å². The molecule has 0 aliphatic carbocycles. The Balaban J connectivity index is 1.39. The van der Waals surface area contributed by atoms with Gasteiger partial charge in [0.25, 0.3) is 5.91 Å². The van der Waals surface area contributed by atoms with E-state index in [4.69, 9.17) is 26.4 Å². The number of fused-ring (bicyclic) bond motifs is 1. The lowest BCUT2D eigenvalue weighted by Crippen LogP contribution is -2.39. The van der Waals surface area contributed by atoms with Gasteiger partial charge in [-0.15, -0.1) is 0 Å². The van der Waals surface area contributed by atoms with E-state index in [-0.39, 0.29) is 25.0 Å². The minimum atomic E-state index is -0.635. The Bertz CT molecular complexity index is 1030. The fraction of sp³-hybridized carbons (Fsp3) is 0.348. The first-order valence-corrected chi connectivity index (χ1v) is 10.9. The van der Waals surface area contributed by atoms with Crippen LogP contribution in [0.25, 0.3) is 0 Å². The van der Waals surface area contributed by atoms with Crippen LogP contribution >= 0.6 is 12.2 Å². The van der Waals surface area contributed by atoms with E-state index >= 15 is 0 Å². The Labute approximate surface area is 192 Å². The quantitative estimate of drug-likeness (QED) is 0.613. The maximum atomic E-state index is 12.8. The van der Waals surface area contributed by atoms with Crippen LogP contribution in [0.15, 0.2) is 42.5 Å². The molecule has 0 radical (unpaired) electrons. The van der Waals surface area contributed by atoms with Crippen LogP contribution in [0.1, 0.15) is 18.9 Å². The highest BCUT2D eigenvalue weighted by atomic mass is 32.1. The number of benzene rings is 2. The molecule has 0 bridgehead atoms. The average molecular weight is 456 g/mol. The van der Waals surface area contributed by atoms with Gasteiger partial charge in [0.05, 0.1) is 13.0 Å². The standard InChI is InChI=1S/C23H25N3O5S/c1-3-29-17-7-5-16(6-8-17)24-21(27)13-18-22(28)25(2)23(32)26(18)11-10-15-4-9-19-20(12-15)31-14-30-19/h4-9,12,18H,3,10-11,13-14H2,1-2H3,(H,24,27). The molecule has 1 saturated heterocycles. The van der Waals surface area contributed by atoms with Crippen molar-refractivity contribution in [2.75, 3.05) is 32.3 Å². The maximum absolute atomic E-state index is 12.8. The first-order chi connectivity index (χ1) is 15.5. The Kier molecular flexibility index (Phi) is 6.45. The van der Waals surface area contributed by atoms with E-state index in [0.717, 1.165) is 17.1 Å². The van der Waals surface area contributed by atoms with Gasteiger partial charge < -0.3 is 24.4 Å². The fourth-order valence-corrected chi connectivity index (χ4v) is 4.07. The number of rotatable bonds is 8. The SMILES string of the molecule is CCOc1ccc(NC(=O)CC2C(=O)N(C)C(=S)N2CCc2ccc3c(c2)OCO3)cc1. The predicted octanol–water partition coefficient (Wildman–Crippen LogP) is 2.81. The van der Waals surface area contributed by atoms with Crippen LogP contribution < -0.4 is 19.5 Å². The van der Waals surface area contributed by atoms with Crippen molar-refractivity contribution in [2.24, 2.45) is 0 Å². The third-order valence-corrected chi connectivity index (χ3v) is 5.94. The number of carbonyl (C=O) groups is 2. The lowest BCUT2D eigenvalue weighted by atomic mass is 10.1. The minimum Gasteiger partial charge on any atom is -0.494 e. The van der Waals surface area contributed by atoms with Crippen LogP contribution in [-0.4, -0.2) is 59.8 Å². The molecule has 2 aromatic rings. The summed E-state index contributed by atoms with van der Waals surface area (Å²) in [6.45, 7) is 3.22. The molecular weight excluding hydrogens is 430 g/mol. The number of ether oxygens (including phenoxy) is 3. The molecule has 0 spiro atoms. The number of amides is 2. The van der Waals surface area contributed by atoms with Crippen molar-refractivity contribution in [1.29, 1.82) is 0 Å². The van der Waals surface area contributed by atoms with E-state index in [0.29, 0.717) is 36.1 Å². The molecule has 1 unspecified atom stereocenters. The van der Waals surface area contributed by atoms with Crippen molar-refractivity contribution in [3.8, 4) is 17.2 Å². The van der Waals surface area contributed by atoms with Gasteiger partial charge in [-0.1, -0.05) is 6.07 Å². The second-order valence-electron chi connectivity index (χ2n) is 7.54. The Morgan fingerprint density at radius 2 is 1.94 bits per heavy atom. The summed E-state index contributed by atoms with van der Waals surface area (Å²) in [6.07, 6.45) is 0.659. The average Bonchev–Trinajstić information content (AvgIpc) is 3.33. The van der Waals surface area contributed by atoms with E-state index in [2.05, 4.69) is 5.32 Å². The third-order valence-electron chi connectivity index (χ3n) is 5.43. The number of anilines is 1.